The minimum absolute atomic E-state index is 0.336. The van der Waals surface area contributed by atoms with Gasteiger partial charge in [0.05, 0.1) is 0 Å². The van der Waals surface area contributed by atoms with Crippen molar-refractivity contribution in [1.82, 2.24) is 5.32 Å². The lowest BCUT2D eigenvalue weighted by atomic mass is 10.0. The van der Waals surface area contributed by atoms with Gasteiger partial charge in [-0.1, -0.05) is 13.8 Å². The second kappa shape index (κ2) is 3.75. The fraction of sp³-hybridized carbons (Fsp3) is 1.00. The number of hydrogen-bond acceptors (Lipinski definition) is 2. The Morgan fingerprint density at radius 1 is 1.42 bits per heavy atom. The Morgan fingerprint density at radius 3 is 2.42 bits per heavy atom. The smallest absolute Gasteiger partial charge is 0.0167 e. The van der Waals surface area contributed by atoms with E-state index in [2.05, 4.69) is 26.1 Å². The summed E-state index contributed by atoms with van der Waals surface area (Å²) in [5.74, 6) is 0.716. The van der Waals surface area contributed by atoms with E-state index in [0.29, 0.717) is 17.5 Å². The number of nitrogens with two attached hydrogens (primary N) is 1. The van der Waals surface area contributed by atoms with Gasteiger partial charge in [-0.25, -0.2) is 0 Å². The third kappa shape index (κ3) is 3.55. The SMILES string of the molecule is CC(C)CC(N)CNC1(C)CC1. The molecule has 0 radical (unpaired) electrons. The molecule has 1 aliphatic rings. The van der Waals surface area contributed by atoms with E-state index in [1.807, 2.05) is 0 Å². The summed E-state index contributed by atoms with van der Waals surface area (Å²) in [4.78, 5) is 0. The number of rotatable bonds is 5. The van der Waals surface area contributed by atoms with Crippen molar-refractivity contribution < 1.29 is 0 Å². The Balaban J connectivity index is 2.06. The third-order valence-corrected chi connectivity index (χ3v) is 2.57. The molecule has 1 unspecified atom stereocenters. The van der Waals surface area contributed by atoms with Crippen LogP contribution in [0.5, 0.6) is 0 Å². The van der Waals surface area contributed by atoms with Crippen molar-refractivity contribution in [2.24, 2.45) is 11.7 Å². The van der Waals surface area contributed by atoms with Crippen molar-refractivity contribution in [2.45, 2.75) is 51.6 Å². The second-order valence-corrected chi connectivity index (χ2v) is 4.83. The molecule has 1 aliphatic carbocycles. The molecular formula is C10H22N2. The molecule has 2 heteroatoms. The van der Waals surface area contributed by atoms with Gasteiger partial charge in [0.25, 0.3) is 0 Å². The van der Waals surface area contributed by atoms with E-state index in [1.165, 1.54) is 12.8 Å². The summed E-state index contributed by atoms with van der Waals surface area (Å²) in [5, 5.41) is 3.51. The lowest BCUT2D eigenvalue weighted by molar-refractivity contribution is 0.434. The van der Waals surface area contributed by atoms with Gasteiger partial charge < -0.3 is 11.1 Å². The fourth-order valence-corrected chi connectivity index (χ4v) is 1.43. The molecule has 2 nitrogen and oxygen atoms in total. The van der Waals surface area contributed by atoms with Crippen molar-refractivity contribution >= 4 is 0 Å². The molecule has 1 fully saturated rings. The van der Waals surface area contributed by atoms with E-state index in [-0.39, 0.29) is 0 Å². The van der Waals surface area contributed by atoms with E-state index in [1.54, 1.807) is 0 Å². The largest absolute Gasteiger partial charge is 0.327 e. The van der Waals surface area contributed by atoms with Crippen LogP contribution in [0, 0.1) is 5.92 Å². The first kappa shape index (κ1) is 10.0. The van der Waals surface area contributed by atoms with E-state index in [9.17, 15) is 0 Å². The Hall–Kier alpha value is -0.0800. The van der Waals surface area contributed by atoms with Gasteiger partial charge in [0.15, 0.2) is 0 Å². The van der Waals surface area contributed by atoms with Crippen LogP contribution in [0.1, 0.15) is 40.0 Å². The molecule has 1 atom stereocenters. The summed E-state index contributed by atoms with van der Waals surface area (Å²) < 4.78 is 0. The molecule has 0 aromatic carbocycles. The van der Waals surface area contributed by atoms with Crippen molar-refractivity contribution in [3.05, 3.63) is 0 Å². The van der Waals surface area contributed by atoms with Crippen LogP contribution >= 0.6 is 0 Å². The van der Waals surface area contributed by atoms with E-state index < -0.39 is 0 Å². The van der Waals surface area contributed by atoms with E-state index >= 15 is 0 Å². The highest BCUT2D eigenvalue weighted by atomic mass is 15.0. The normalized spacial score (nSPS) is 22.8. The zero-order chi connectivity index (χ0) is 9.19. The van der Waals surface area contributed by atoms with E-state index in [0.717, 1.165) is 13.0 Å². The van der Waals surface area contributed by atoms with Crippen LogP contribution in [0.25, 0.3) is 0 Å². The minimum Gasteiger partial charge on any atom is -0.327 e. The Labute approximate surface area is 75.9 Å². The molecular weight excluding hydrogens is 148 g/mol. The molecule has 0 aromatic rings. The summed E-state index contributed by atoms with van der Waals surface area (Å²) in [5.41, 5.74) is 6.39. The van der Waals surface area contributed by atoms with Gasteiger partial charge in [-0.2, -0.15) is 0 Å². The van der Waals surface area contributed by atoms with E-state index in [4.69, 9.17) is 5.73 Å². The molecule has 0 aliphatic heterocycles. The highest BCUT2D eigenvalue weighted by Gasteiger charge is 2.36. The zero-order valence-electron chi connectivity index (χ0n) is 8.56. The highest BCUT2D eigenvalue weighted by molar-refractivity contribution is 4.97. The quantitative estimate of drug-likeness (QED) is 0.656. The average molecular weight is 170 g/mol. The van der Waals surface area contributed by atoms with Gasteiger partial charge in [-0.05, 0) is 32.1 Å². The molecule has 0 heterocycles. The average Bonchev–Trinajstić information content (AvgIpc) is 2.64. The van der Waals surface area contributed by atoms with Crippen molar-refractivity contribution in [2.75, 3.05) is 6.54 Å². The van der Waals surface area contributed by atoms with Gasteiger partial charge in [0.2, 0.25) is 0 Å². The van der Waals surface area contributed by atoms with Crippen LogP contribution in [0.3, 0.4) is 0 Å². The maximum Gasteiger partial charge on any atom is 0.0167 e. The molecule has 0 amide bonds. The first-order chi connectivity index (χ1) is 5.52. The maximum absolute atomic E-state index is 5.95. The Bertz CT molecular complexity index is 139. The number of nitrogens with one attached hydrogen (secondary N) is 1. The Kier molecular flexibility index (Phi) is 3.13. The van der Waals surface area contributed by atoms with Gasteiger partial charge in [-0.15, -0.1) is 0 Å². The number of hydrogen-bond donors (Lipinski definition) is 2. The van der Waals surface area contributed by atoms with Crippen molar-refractivity contribution in [1.29, 1.82) is 0 Å². The molecule has 0 bridgehead atoms. The van der Waals surface area contributed by atoms with Crippen LogP contribution in [-0.4, -0.2) is 18.1 Å². The molecule has 0 saturated heterocycles. The van der Waals surface area contributed by atoms with Crippen LogP contribution in [0.2, 0.25) is 0 Å². The Morgan fingerprint density at radius 2 is 2.00 bits per heavy atom. The summed E-state index contributed by atoms with van der Waals surface area (Å²) in [6.45, 7) is 7.70. The third-order valence-electron chi connectivity index (χ3n) is 2.57. The lowest BCUT2D eigenvalue weighted by Crippen LogP contribution is -2.40. The van der Waals surface area contributed by atoms with Crippen LogP contribution in [-0.2, 0) is 0 Å². The highest BCUT2D eigenvalue weighted by Crippen LogP contribution is 2.34. The van der Waals surface area contributed by atoms with Crippen LogP contribution in [0.15, 0.2) is 0 Å². The molecule has 12 heavy (non-hydrogen) atoms. The van der Waals surface area contributed by atoms with Crippen molar-refractivity contribution in [3.8, 4) is 0 Å². The molecule has 72 valence electrons. The topological polar surface area (TPSA) is 38.0 Å². The predicted octanol–water partition coefficient (Wildman–Crippen LogP) is 1.50. The molecule has 0 spiro atoms. The van der Waals surface area contributed by atoms with Crippen molar-refractivity contribution in [3.63, 3.8) is 0 Å². The maximum atomic E-state index is 5.95. The standard InChI is InChI=1S/C10H22N2/c1-8(2)6-9(11)7-12-10(3)4-5-10/h8-9,12H,4-7,11H2,1-3H3. The van der Waals surface area contributed by atoms with Crippen LogP contribution < -0.4 is 11.1 Å². The summed E-state index contributed by atoms with van der Waals surface area (Å²) in [6, 6.07) is 0.336. The zero-order valence-corrected chi connectivity index (χ0v) is 8.56. The summed E-state index contributed by atoms with van der Waals surface area (Å²) >= 11 is 0. The summed E-state index contributed by atoms with van der Waals surface area (Å²) in [7, 11) is 0. The monoisotopic (exact) mass is 170 g/mol. The first-order valence-corrected chi connectivity index (χ1v) is 5.02. The first-order valence-electron chi connectivity index (χ1n) is 5.02. The fourth-order valence-electron chi connectivity index (χ4n) is 1.43. The van der Waals surface area contributed by atoms with Crippen LogP contribution in [0.4, 0.5) is 0 Å². The van der Waals surface area contributed by atoms with Gasteiger partial charge in [0.1, 0.15) is 0 Å². The summed E-state index contributed by atoms with van der Waals surface area (Å²) in [6.07, 6.45) is 3.77. The predicted molar refractivity (Wildman–Crippen MR) is 53.1 cm³/mol. The molecule has 1 rings (SSSR count). The lowest BCUT2D eigenvalue weighted by Gasteiger charge is -2.18. The second-order valence-electron chi connectivity index (χ2n) is 4.83. The van der Waals surface area contributed by atoms with Gasteiger partial charge in [0, 0.05) is 18.1 Å². The van der Waals surface area contributed by atoms with Gasteiger partial charge >= 0.3 is 0 Å². The van der Waals surface area contributed by atoms with Gasteiger partial charge in [-0.3, -0.25) is 0 Å². The molecule has 1 saturated carbocycles. The molecule has 0 aromatic heterocycles. The minimum atomic E-state index is 0.336. The molecule has 3 N–H and O–H groups in total.